The highest BCUT2D eigenvalue weighted by molar-refractivity contribution is 8.16. The van der Waals surface area contributed by atoms with Crippen LogP contribution in [0.3, 0.4) is 0 Å². The van der Waals surface area contributed by atoms with Crippen molar-refractivity contribution in [1.29, 1.82) is 0 Å². The zero-order chi connectivity index (χ0) is 19.3. The fourth-order valence-electron chi connectivity index (χ4n) is 3.14. The number of amidine groups is 1. The maximum absolute atomic E-state index is 12.4. The minimum Gasteiger partial charge on any atom is -0.316 e. The number of benzene rings is 1. The first-order valence-electron chi connectivity index (χ1n) is 8.87. The van der Waals surface area contributed by atoms with E-state index in [1.807, 2.05) is 37.8 Å². The van der Waals surface area contributed by atoms with Crippen molar-refractivity contribution in [2.75, 3.05) is 16.4 Å². The van der Waals surface area contributed by atoms with Gasteiger partial charge in [0, 0.05) is 16.4 Å². The van der Waals surface area contributed by atoms with Gasteiger partial charge in [-0.2, -0.15) is 4.99 Å². The Morgan fingerprint density at radius 3 is 2.35 bits per heavy atom. The molecule has 5 nitrogen and oxygen atoms in total. The molecule has 0 aromatic heterocycles. The Labute approximate surface area is 160 Å². The molecular formula is C19H26N2O3S2. The summed E-state index contributed by atoms with van der Waals surface area (Å²) in [4.78, 5) is 18.8. The second kappa shape index (κ2) is 6.68. The summed E-state index contributed by atoms with van der Waals surface area (Å²) in [6, 6.07) is 7.96. The lowest BCUT2D eigenvalue weighted by Gasteiger charge is -2.25. The molecule has 26 heavy (non-hydrogen) atoms. The lowest BCUT2D eigenvalue weighted by atomic mass is 9.96. The number of anilines is 1. The molecule has 0 spiro atoms. The molecule has 0 aliphatic carbocycles. The van der Waals surface area contributed by atoms with Crippen molar-refractivity contribution in [2.45, 2.75) is 51.8 Å². The van der Waals surface area contributed by atoms with E-state index in [9.17, 15) is 13.2 Å². The van der Waals surface area contributed by atoms with Gasteiger partial charge in [-0.15, -0.1) is 0 Å². The molecule has 0 radical (unpaired) electrons. The van der Waals surface area contributed by atoms with E-state index in [1.54, 1.807) is 0 Å². The smallest absolute Gasteiger partial charge is 0.253 e. The number of thioether (sulfide) groups is 1. The molecule has 2 aliphatic rings. The van der Waals surface area contributed by atoms with Crippen LogP contribution in [0.25, 0.3) is 0 Å². The average Bonchev–Trinajstić information content (AvgIpc) is 2.97. The average molecular weight is 395 g/mol. The van der Waals surface area contributed by atoms with Gasteiger partial charge < -0.3 is 4.90 Å². The number of carbonyl (C=O) groups excluding carboxylic acids is 1. The van der Waals surface area contributed by atoms with Crippen molar-refractivity contribution in [3.8, 4) is 0 Å². The molecule has 0 unspecified atom stereocenters. The first-order valence-corrected chi connectivity index (χ1v) is 11.6. The molecule has 142 valence electrons. The summed E-state index contributed by atoms with van der Waals surface area (Å²) in [5.74, 6) is 0.490. The van der Waals surface area contributed by atoms with Crippen LogP contribution in [-0.2, 0) is 14.6 Å². The molecule has 1 amide bonds. The van der Waals surface area contributed by atoms with E-state index >= 15 is 0 Å². The first-order chi connectivity index (χ1) is 12.0. The van der Waals surface area contributed by atoms with E-state index in [1.165, 1.54) is 17.3 Å². The highest BCUT2D eigenvalue weighted by Gasteiger charge is 2.49. The molecule has 2 saturated heterocycles. The number of aliphatic imine (C=N–C) groups is 1. The summed E-state index contributed by atoms with van der Waals surface area (Å²) >= 11 is 1.42. The number of hydrogen-bond acceptors (Lipinski definition) is 4. The molecule has 0 saturated carbocycles. The predicted molar refractivity (Wildman–Crippen MR) is 109 cm³/mol. The van der Waals surface area contributed by atoms with Crippen LogP contribution in [-0.4, -0.2) is 42.3 Å². The number of nitrogens with zero attached hydrogens (tertiary/aromatic N) is 2. The van der Waals surface area contributed by atoms with Gasteiger partial charge in [0.25, 0.3) is 5.91 Å². The number of sulfone groups is 1. The van der Waals surface area contributed by atoms with Gasteiger partial charge in [-0.25, -0.2) is 8.42 Å². The molecule has 2 fully saturated rings. The number of amides is 1. The van der Waals surface area contributed by atoms with Crippen molar-refractivity contribution >= 4 is 38.4 Å². The van der Waals surface area contributed by atoms with Crippen molar-refractivity contribution in [3.05, 3.63) is 29.8 Å². The lowest BCUT2D eigenvalue weighted by Crippen LogP contribution is -2.38. The van der Waals surface area contributed by atoms with E-state index in [2.05, 4.69) is 31.0 Å². The quantitative estimate of drug-likeness (QED) is 0.768. The second-order valence-corrected chi connectivity index (χ2v) is 11.7. The van der Waals surface area contributed by atoms with Crippen LogP contribution in [0.4, 0.5) is 5.69 Å². The van der Waals surface area contributed by atoms with Crippen molar-refractivity contribution in [3.63, 3.8) is 0 Å². The van der Waals surface area contributed by atoms with Crippen molar-refractivity contribution < 1.29 is 13.2 Å². The van der Waals surface area contributed by atoms with Crippen LogP contribution in [0.2, 0.25) is 0 Å². The molecule has 2 aliphatic heterocycles. The van der Waals surface area contributed by atoms with E-state index < -0.39 is 15.3 Å². The second-order valence-electron chi connectivity index (χ2n) is 8.37. The van der Waals surface area contributed by atoms with Crippen LogP contribution in [0, 0.1) is 5.41 Å². The maximum atomic E-state index is 12.4. The van der Waals surface area contributed by atoms with Gasteiger partial charge in [-0.1, -0.05) is 58.5 Å². The Morgan fingerprint density at radius 2 is 1.81 bits per heavy atom. The summed E-state index contributed by atoms with van der Waals surface area (Å²) in [5, 5.41) is 0.545. The van der Waals surface area contributed by atoms with Gasteiger partial charge in [0.15, 0.2) is 15.0 Å². The molecule has 0 bridgehead atoms. The van der Waals surface area contributed by atoms with Gasteiger partial charge >= 0.3 is 0 Å². The van der Waals surface area contributed by atoms with E-state index in [0.717, 1.165) is 5.69 Å². The van der Waals surface area contributed by atoms with E-state index in [0.29, 0.717) is 11.1 Å². The molecule has 2 atom stereocenters. The Kier molecular flexibility index (Phi) is 4.99. The lowest BCUT2D eigenvalue weighted by molar-refractivity contribution is -0.124. The number of rotatable bonds is 2. The van der Waals surface area contributed by atoms with Crippen LogP contribution >= 0.6 is 11.8 Å². The molecule has 1 aromatic rings. The zero-order valence-corrected chi connectivity index (χ0v) is 17.5. The normalized spacial score (nSPS) is 26.5. The number of fused-ring (bicyclic) bond motifs is 1. The minimum absolute atomic E-state index is 0.0729. The number of carbonyl (C=O) groups is 1. The Morgan fingerprint density at radius 1 is 1.19 bits per heavy atom. The molecule has 2 heterocycles. The molecular weight excluding hydrogens is 368 g/mol. The van der Waals surface area contributed by atoms with E-state index in [-0.39, 0.29) is 28.7 Å². The predicted octanol–water partition coefficient (Wildman–Crippen LogP) is 3.46. The summed E-state index contributed by atoms with van der Waals surface area (Å²) in [7, 11) is -3.05. The Hall–Kier alpha value is -1.34. The SMILES string of the molecule is CC(C)c1ccc(N2C(=NC(=O)C(C)(C)C)S[C@@H]3CS(=O)(=O)C[C@@H]32)cc1. The summed E-state index contributed by atoms with van der Waals surface area (Å²) in [6.07, 6.45) is 0. The van der Waals surface area contributed by atoms with E-state index in [4.69, 9.17) is 0 Å². The third-order valence-corrected chi connectivity index (χ3v) is 7.95. The fourth-order valence-corrected chi connectivity index (χ4v) is 7.05. The Bertz CT molecular complexity index is 837. The van der Waals surface area contributed by atoms with Crippen molar-refractivity contribution in [1.82, 2.24) is 0 Å². The highest BCUT2D eigenvalue weighted by atomic mass is 32.2. The topological polar surface area (TPSA) is 66.8 Å². The number of hydrogen-bond donors (Lipinski definition) is 0. The standard InChI is InChI=1S/C19H26N2O3S2/c1-12(2)13-6-8-14(9-7-13)21-15-10-26(23,24)11-16(15)25-18(21)20-17(22)19(3,4)5/h6-9,12,15-16H,10-11H2,1-5H3/t15-,16+/m0/s1. The molecule has 3 rings (SSSR count). The van der Waals surface area contributed by atoms with Gasteiger partial charge in [0.1, 0.15) is 0 Å². The fraction of sp³-hybridized carbons (Fsp3) is 0.579. The molecule has 1 aromatic carbocycles. The minimum atomic E-state index is -3.05. The summed E-state index contributed by atoms with van der Waals surface area (Å²) < 4.78 is 24.2. The van der Waals surface area contributed by atoms with Gasteiger partial charge in [0.2, 0.25) is 0 Å². The third-order valence-electron chi connectivity index (χ3n) is 4.74. The first kappa shape index (κ1) is 19.4. The maximum Gasteiger partial charge on any atom is 0.253 e. The summed E-state index contributed by atoms with van der Waals surface area (Å²) in [5.41, 5.74) is 1.55. The van der Waals surface area contributed by atoms with Gasteiger partial charge in [-0.05, 0) is 23.6 Å². The van der Waals surface area contributed by atoms with Crippen molar-refractivity contribution in [2.24, 2.45) is 10.4 Å². The van der Waals surface area contributed by atoms with Crippen LogP contribution in [0.1, 0.15) is 46.1 Å². The largest absolute Gasteiger partial charge is 0.316 e. The zero-order valence-electron chi connectivity index (χ0n) is 15.9. The Balaban J connectivity index is 2.00. The van der Waals surface area contributed by atoms with Crippen LogP contribution in [0.15, 0.2) is 29.3 Å². The monoisotopic (exact) mass is 394 g/mol. The van der Waals surface area contributed by atoms with Gasteiger partial charge in [-0.3, -0.25) is 4.79 Å². The third kappa shape index (κ3) is 3.83. The van der Waals surface area contributed by atoms with Crippen LogP contribution in [0.5, 0.6) is 0 Å². The highest BCUT2D eigenvalue weighted by Crippen LogP contribution is 2.41. The van der Waals surface area contributed by atoms with Gasteiger partial charge in [0.05, 0.1) is 17.5 Å². The summed E-state index contributed by atoms with van der Waals surface area (Å²) in [6.45, 7) is 9.79. The molecule has 7 heteroatoms. The van der Waals surface area contributed by atoms with Crippen LogP contribution < -0.4 is 4.90 Å². The molecule has 0 N–H and O–H groups in total.